The van der Waals surface area contributed by atoms with Gasteiger partial charge in [0, 0.05) is 99.9 Å². The molecule has 1 fully saturated rings. The van der Waals surface area contributed by atoms with Gasteiger partial charge in [0.25, 0.3) is 11.8 Å². The van der Waals surface area contributed by atoms with Crippen LogP contribution in [0.3, 0.4) is 0 Å². The van der Waals surface area contributed by atoms with E-state index in [0.717, 1.165) is 72.8 Å². The van der Waals surface area contributed by atoms with Crippen LogP contribution in [0.15, 0.2) is 137 Å². The van der Waals surface area contributed by atoms with Gasteiger partial charge in [0.1, 0.15) is 34.4 Å². The third kappa shape index (κ3) is 18.9. The number of halogens is 1. The van der Waals surface area contributed by atoms with Crippen LogP contribution in [0.2, 0.25) is 0 Å². The fourth-order valence-electron chi connectivity index (χ4n) is 8.39. The number of Topliss-reactive ketones (excluding diaryl/α,β-unsaturated/α-hetero) is 2. The summed E-state index contributed by atoms with van der Waals surface area (Å²) in [5, 5.41) is 22.7. The van der Waals surface area contributed by atoms with Gasteiger partial charge in [-0.15, -0.1) is 0 Å². The van der Waals surface area contributed by atoms with Crippen LogP contribution in [0, 0.1) is 18.3 Å². The van der Waals surface area contributed by atoms with Gasteiger partial charge in [-0.05, 0) is 132 Å². The third-order valence-electron chi connectivity index (χ3n) is 12.6. The molecule has 0 aliphatic carbocycles. The minimum Gasteiger partial charge on any atom is -0.488 e. The molecule has 18 nitrogen and oxygen atoms in total. The van der Waals surface area contributed by atoms with Crippen LogP contribution >= 0.6 is 15.9 Å². The Morgan fingerprint density at radius 1 is 0.872 bits per heavy atom. The first-order chi connectivity index (χ1) is 38.0. The molecule has 0 radical (unpaired) electrons. The van der Waals surface area contributed by atoms with Crippen molar-refractivity contribution in [2.75, 3.05) is 69.8 Å². The van der Waals surface area contributed by atoms with E-state index in [0.29, 0.717) is 85.1 Å². The fraction of sp³-hybridized carbons (Fsp3) is 0.322. The molecule has 4 heterocycles. The number of rotatable bonds is 29. The van der Waals surface area contributed by atoms with Crippen LogP contribution in [0.4, 0.5) is 17.3 Å². The first kappa shape index (κ1) is 57.7. The molecule has 1 unspecified atom stereocenters. The number of hydrogen-bond donors (Lipinski definition) is 3. The average molecular weight is 1120 g/mol. The zero-order chi connectivity index (χ0) is 54.9. The van der Waals surface area contributed by atoms with Crippen LogP contribution in [0.5, 0.6) is 5.75 Å². The second kappa shape index (κ2) is 30.7. The molecule has 3 aromatic carbocycles. The van der Waals surface area contributed by atoms with Gasteiger partial charge in [-0.2, -0.15) is 5.26 Å². The number of carbonyl (C=O) groups excluding carboxylic acids is 4. The summed E-state index contributed by atoms with van der Waals surface area (Å²) in [5.74, 6) is 0.422. The van der Waals surface area contributed by atoms with Gasteiger partial charge in [-0.25, -0.2) is 15.0 Å². The van der Waals surface area contributed by atoms with Crippen molar-refractivity contribution >= 4 is 68.9 Å². The molecule has 404 valence electrons. The van der Waals surface area contributed by atoms with E-state index in [1.54, 1.807) is 48.9 Å². The highest BCUT2D eigenvalue weighted by molar-refractivity contribution is 9.10. The maximum atomic E-state index is 13.3. The molecule has 1 aliphatic heterocycles. The van der Waals surface area contributed by atoms with E-state index in [1.165, 1.54) is 12.3 Å². The Morgan fingerprint density at radius 2 is 1.64 bits per heavy atom. The van der Waals surface area contributed by atoms with Crippen molar-refractivity contribution in [3.63, 3.8) is 0 Å². The summed E-state index contributed by atoms with van der Waals surface area (Å²) in [6.45, 7) is 9.27. The van der Waals surface area contributed by atoms with Gasteiger partial charge in [0.2, 0.25) is 5.95 Å². The Morgan fingerprint density at radius 3 is 2.37 bits per heavy atom. The highest BCUT2D eigenvalue weighted by Crippen LogP contribution is 2.26. The standard InChI is InChI=1S/C59H64BrN11O7/c1-3-8-53(67-58(75)47(37-61)35-48-10-4-13-56(60)65-48)44-19-22-52(23-20-44)77-34-27-64-78-41-51(73)12-7-33-76-32-6-11-50(72)40-71-30-28-70(29-31-71)39-43-15-17-45(18-16-43)57(74)66-49-21-14-42(2)55(36-49)69-59-63-26-24-54(68-59)46-9-5-25-62-38-46/h4-5,9-10,13-27,35-36,38,53H,3,6-8,11-12,28-34,39-41H2,1-2H3,(H,66,74)(H,67,75)(H,63,68,69)/b47-35+,64-27?. The normalized spacial score (nSPS) is 13.3. The predicted molar refractivity (Wildman–Crippen MR) is 303 cm³/mol. The Hall–Kier alpha value is -8.02. The summed E-state index contributed by atoms with van der Waals surface area (Å²) < 4.78 is 12.0. The lowest BCUT2D eigenvalue weighted by Crippen LogP contribution is -2.47. The molecular formula is C59H64BrN11O7. The molecule has 7 rings (SSSR count). The SMILES string of the molecule is CCCC(NC(=O)/C(C#N)=C/c1cccc(Br)n1)c1ccc(OCC=NOCC(=O)CCCOCCCC(=O)CN2CCN(Cc3ccc(C(=O)Nc4ccc(C)c(Nc5nccc(-c6cccnc6)n5)c4)cc3)CC2)cc1. The summed E-state index contributed by atoms with van der Waals surface area (Å²) in [6.07, 6.45) is 11.4. The van der Waals surface area contributed by atoms with E-state index in [2.05, 4.69) is 66.8 Å². The monoisotopic (exact) mass is 1120 g/mol. The Labute approximate surface area is 463 Å². The smallest absolute Gasteiger partial charge is 0.262 e. The van der Waals surface area contributed by atoms with E-state index >= 15 is 0 Å². The number of ketones is 2. The van der Waals surface area contributed by atoms with Gasteiger partial charge < -0.3 is 30.3 Å². The number of benzene rings is 3. The number of oxime groups is 1. The molecule has 1 aliphatic rings. The molecule has 2 amide bonds. The van der Waals surface area contributed by atoms with Crippen molar-refractivity contribution < 1.29 is 33.5 Å². The second-order valence-electron chi connectivity index (χ2n) is 18.6. The maximum absolute atomic E-state index is 13.3. The number of carbonyl (C=O) groups is 4. The second-order valence-corrected chi connectivity index (χ2v) is 19.4. The number of nitrogens with zero attached hydrogens (tertiary/aromatic N) is 8. The number of anilines is 3. The number of aromatic nitrogens is 4. The van der Waals surface area contributed by atoms with Gasteiger partial charge >= 0.3 is 0 Å². The van der Waals surface area contributed by atoms with Crippen LogP contribution in [-0.4, -0.2) is 118 Å². The molecule has 0 bridgehead atoms. The van der Waals surface area contributed by atoms with Gasteiger partial charge in [-0.3, -0.25) is 34.0 Å². The van der Waals surface area contributed by atoms with E-state index < -0.39 is 5.91 Å². The van der Waals surface area contributed by atoms with Crippen molar-refractivity contribution in [3.8, 4) is 23.1 Å². The lowest BCUT2D eigenvalue weighted by molar-refractivity contribution is -0.124. The first-order valence-corrected chi connectivity index (χ1v) is 26.8. The quantitative estimate of drug-likeness (QED) is 0.00993. The Balaban J connectivity index is 0.698. The van der Waals surface area contributed by atoms with Crippen molar-refractivity contribution in [3.05, 3.63) is 160 Å². The first-order valence-electron chi connectivity index (χ1n) is 26.0. The van der Waals surface area contributed by atoms with Crippen LogP contribution < -0.4 is 20.7 Å². The zero-order valence-corrected chi connectivity index (χ0v) is 45.5. The van der Waals surface area contributed by atoms with Crippen LogP contribution in [0.1, 0.15) is 84.2 Å². The Kier molecular flexibility index (Phi) is 22.7. The number of pyridine rings is 2. The predicted octanol–water partition coefficient (Wildman–Crippen LogP) is 9.48. The van der Waals surface area contributed by atoms with E-state index in [-0.39, 0.29) is 42.3 Å². The largest absolute Gasteiger partial charge is 0.488 e. The minimum absolute atomic E-state index is 0.0412. The highest BCUT2D eigenvalue weighted by Gasteiger charge is 2.21. The number of amides is 2. The lowest BCUT2D eigenvalue weighted by Gasteiger charge is -2.34. The Bertz CT molecular complexity index is 3040. The highest BCUT2D eigenvalue weighted by atomic mass is 79.9. The van der Waals surface area contributed by atoms with Crippen LogP contribution in [0.25, 0.3) is 17.3 Å². The molecule has 3 N–H and O–H groups in total. The van der Waals surface area contributed by atoms with Crippen molar-refractivity contribution in [1.82, 2.24) is 35.1 Å². The number of hydrogen-bond acceptors (Lipinski definition) is 16. The summed E-state index contributed by atoms with van der Waals surface area (Å²) in [7, 11) is 0. The molecule has 1 atom stereocenters. The summed E-state index contributed by atoms with van der Waals surface area (Å²) >= 11 is 3.30. The number of ether oxygens (including phenoxy) is 2. The maximum Gasteiger partial charge on any atom is 0.262 e. The topological polar surface area (TPSA) is 226 Å². The van der Waals surface area contributed by atoms with Gasteiger partial charge in [0.05, 0.1) is 30.2 Å². The molecule has 1 saturated heterocycles. The zero-order valence-electron chi connectivity index (χ0n) is 43.9. The molecule has 0 saturated carbocycles. The molecular weight excluding hydrogens is 1050 g/mol. The van der Waals surface area contributed by atoms with E-state index in [4.69, 9.17) is 14.3 Å². The molecule has 78 heavy (non-hydrogen) atoms. The van der Waals surface area contributed by atoms with Crippen molar-refractivity contribution in [2.45, 2.75) is 65.0 Å². The van der Waals surface area contributed by atoms with Gasteiger partial charge in [-0.1, -0.05) is 54.9 Å². The molecule has 19 heteroatoms. The van der Waals surface area contributed by atoms with Crippen molar-refractivity contribution in [1.29, 1.82) is 5.26 Å². The molecule has 6 aromatic rings. The van der Waals surface area contributed by atoms with E-state index in [1.807, 2.05) is 92.7 Å². The number of aryl methyl sites for hydroxylation is 1. The minimum atomic E-state index is -0.481. The van der Waals surface area contributed by atoms with E-state index in [9.17, 15) is 24.4 Å². The summed E-state index contributed by atoms with van der Waals surface area (Å²) in [5.41, 5.74) is 7.02. The molecule has 0 spiro atoms. The van der Waals surface area contributed by atoms with Crippen molar-refractivity contribution in [2.24, 2.45) is 5.16 Å². The summed E-state index contributed by atoms with van der Waals surface area (Å²) in [4.78, 5) is 78.5. The number of piperazine rings is 1. The molecule has 3 aromatic heterocycles. The summed E-state index contributed by atoms with van der Waals surface area (Å²) in [6, 6.07) is 33.2. The van der Waals surface area contributed by atoms with Crippen LogP contribution in [-0.2, 0) is 30.5 Å². The number of nitrogens with one attached hydrogen (secondary N) is 3. The third-order valence-corrected chi connectivity index (χ3v) is 13.0. The number of nitriles is 1. The fourth-order valence-corrected chi connectivity index (χ4v) is 8.75. The van der Waals surface area contributed by atoms with Gasteiger partial charge in [0.15, 0.2) is 12.4 Å². The average Bonchev–Trinajstić information content (AvgIpc) is 3.46. The lowest BCUT2D eigenvalue weighted by atomic mass is 10.0.